The van der Waals surface area contributed by atoms with Gasteiger partial charge in [0.25, 0.3) is 0 Å². The summed E-state index contributed by atoms with van der Waals surface area (Å²) in [4.78, 5) is 47.1. The molecule has 1 spiro atoms. The molecule has 3 aliphatic heterocycles. The molecule has 8 nitrogen and oxygen atoms in total. The van der Waals surface area contributed by atoms with Gasteiger partial charge in [-0.15, -0.1) is 13.2 Å². The van der Waals surface area contributed by atoms with Crippen molar-refractivity contribution in [3.63, 3.8) is 0 Å². The Morgan fingerprint density at radius 3 is 2.47 bits per heavy atom. The van der Waals surface area contributed by atoms with Crippen molar-refractivity contribution in [2.24, 2.45) is 17.8 Å². The van der Waals surface area contributed by atoms with Crippen LogP contribution in [0.4, 0.5) is 0 Å². The number of aliphatic hydroxyl groups excluding tert-OH is 1. The lowest BCUT2D eigenvalue weighted by atomic mass is 9.62. The van der Waals surface area contributed by atoms with E-state index in [4.69, 9.17) is 4.74 Å². The zero-order valence-corrected chi connectivity index (χ0v) is 22.6. The Labute approximate surface area is 216 Å². The predicted molar refractivity (Wildman–Crippen MR) is 139 cm³/mol. The van der Waals surface area contributed by atoms with Gasteiger partial charge in [0.1, 0.15) is 11.6 Å². The lowest BCUT2D eigenvalue weighted by Gasteiger charge is -2.38. The van der Waals surface area contributed by atoms with Gasteiger partial charge in [-0.1, -0.05) is 32.4 Å². The van der Waals surface area contributed by atoms with Crippen LogP contribution in [0.15, 0.2) is 25.3 Å². The summed E-state index contributed by atoms with van der Waals surface area (Å²) in [6.45, 7) is 15.5. The fraction of sp³-hybridized carbons (Fsp3) is 0.750. The minimum absolute atomic E-state index is 0.0146. The van der Waals surface area contributed by atoms with E-state index in [9.17, 15) is 19.5 Å². The largest absolute Gasteiger partial charge is 0.396 e. The fourth-order valence-electron chi connectivity index (χ4n) is 6.70. The second-order valence-corrected chi connectivity index (χ2v) is 11.0. The molecule has 3 fully saturated rings. The van der Waals surface area contributed by atoms with Gasteiger partial charge in [0.2, 0.25) is 17.7 Å². The fourth-order valence-corrected chi connectivity index (χ4v) is 6.70. The highest BCUT2D eigenvalue weighted by molar-refractivity contribution is 5.99. The van der Waals surface area contributed by atoms with Gasteiger partial charge in [0.15, 0.2) is 0 Å². The maximum absolute atomic E-state index is 14.2. The predicted octanol–water partition coefficient (Wildman–Crippen LogP) is 2.62. The molecule has 36 heavy (non-hydrogen) atoms. The number of fused-ring (bicyclic) bond motifs is 1. The van der Waals surface area contributed by atoms with Crippen LogP contribution in [0.2, 0.25) is 0 Å². The van der Waals surface area contributed by atoms with Gasteiger partial charge in [0.05, 0.1) is 17.4 Å². The van der Waals surface area contributed by atoms with Gasteiger partial charge >= 0.3 is 0 Å². The van der Waals surface area contributed by atoms with Crippen LogP contribution in [0, 0.1) is 17.8 Å². The summed E-state index contributed by atoms with van der Waals surface area (Å²) >= 11 is 0. The maximum Gasteiger partial charge on any atom is 0.248 e. The van der Waals surface area contributed by atoms with Crippen LogP contribution < -0.4 is 0 Å². The molecule has 1 N–H and O–H groups in total. The molecule has 3 saturated heterocycles. The number of nitrogens with zero attached hydrogens (tertiary/aromatic N) is 3. The lowest BCUT2D eigenvalue weighted by molar-refractivity contribution is -0.154. The average Bonchev–Trinajstić information content (AvgIpc) is 3.35. The molecular weight excluding hydrogens is 458 g/mol. The molecule has 0 aromatic heterocycles. The number of likely N-dealkylation sites (tertiary alicyclic amines) is 1. The number of likely N-dealkylation sites (N-methyl/N-ethyl adjacent to an activating group) is 1. The molecular formula is C28H45N3O5. The van der Waals surface area contributed by atoms with Crippen LogP contribution in [0.3, 0.4) is 0 Å². The first-order chi connectivity index (χ1) is 17.1. The number of ether oxygens (including phenoxy) is 1. The molecule has 0 aromatic carbocycles. The van der Waals surface area contributed by atoms with Crippen LogP contribution in [-0.2, 0) is 19.1 Å². The normalized spacial score (nSPS) is 32.5. The van der Waals surface area contributed by atoms with E-state index >= 15 is 0 Å². The van der Waals surface area contributed by atoms with Gasteiger partial charge in [0, 0.05) is 39.8 Å². The van der Waals surface area contributed by atoms with Crippen molar-refractivity contribution in [2.75, 3.05) is 39.8 Å². The minimum Gasteiger partial charge on any atom is -0.396 e. The SMILES string of the molecule is C=CCN(C)C(=O)[C@H]1[C@H]2C(=O)N(CCCCCO)C(C(=O)N(CC=C)CCCC)C23CC(C)[C@]1(C)O3. The highest BCUT2D eigenvalue weighted by atomic mass is 16.5. The van der Waals surface area contributed by atoms with Crippen LogP contribution >= 0.6 is 0 Å². The zero-order chi connectivity index (χ0) is 26.7. The molecule has 0 radical (unpaired) electrons. The Bertz CT molecular complexity index is 862. The molecule has 0 saturated carbocycles. The number of amides is 3. The van der Waals surface area contributed by atoms with Crippen molar-refractivity contribution in [1.29, 1.82) is 0 Å². The standard InChI is InChI=1S/C28H45N3O5/c1-7-10-16-30(15-9-3)26(35)23-28-19-20(4)27(5,36-28)21(24(33)29(6)14-8-2)22(28)25(34)31(23)17-12-11-13-18-32/h8-9,20-23,32H,2-3,7,10-19H2,1,4-6H3/t20?,21-,22+,23?,27+,28?/m1/s1. The summed E-state index contributed by atoms with van der Waals surface area (Å²) in [7, 11) is 1.72. The third-order valence-electron chi connectivity index (χ3n) is 8.59. The molecule has 3 heterocycles. The van der Waals surface area contributed by atoms with Crippen LogP contribution in [0.5, 0.6) is 0 Å². The van der Waals surface area contributed by atoms with Gasteiger partial charge < -0.3 is 24.5 Å². The summed E-state index contributed by atoms with van der Waals surface area (Å²) in [5.74, 6) is -1.74. The summed E-state index contributed by atoms with van der Waals surface area (Å²) < 4.78 is 6.79. The third kappa shape index (κ3) is 4.62. The van der Waals surface area contributed by atoms with E-state index in [0.717, 1.165) is 19.3 Å². The van der Waals surface area contributed by atoms with Crippen LogP contribution in [0.25, 0.3) is 0 Å². The van der Waals surface area contributed by atoms with Gasteiger partial charge in [-0.25, -0.2) is 0 Å². The van der Waals surface area contributed by atoms with E-state index < -0.39 is 29.1 Å². The molecule has 8 heteroatoms. The van der Waals surface area contributed by atoms with Crippen molar-refractivity contribution >= 4 is 17.7 Å². The average molecular weight is 504 g/mol. The van der Waals surface area contributed by atoms with Crippen molar-refractivity contribution < 1.29 is 24.2 Å². The number of unbranched alkanes of at least 4 members (excludes halogenated alkanes) is 3. The Morgan fingerprint density at radius 1 is 1.17 bits per heavy atom. The molecule has 3 amide bonds. The molecule has 202 valence electrons. The molecule has 3 aliphatic rings. The number of carbonyl (C=O) groups is 3. The van der Waals surface area contributed by atoms with E-state index in [2.05, 4.69) is 27.0 Å². The molecule has 0 aromatic rings. The number of carbonyl (C=O) groups excluding carboxylic acids is 3. The van der Waals surface area contributed by atoms with Crippen molar-refractivity contribution in [3.8, 4) is 0 Å². The highest BCUT2D eigenvalue weighted by Gasteiger charge is 2.80. The zero-order valence-electron chi connectivity index (χ0n) is 22.6. The number of aliphatic hydroxyl groups is 1. The summed E-state index contributed by atoms with van der Waals surface area (Å²) in [6.07, 6.45) is 7.84. The molecule has 3 unspecified atom stereocenters. The van der Waals surface area contributed by atoms with Gasteiger partial charge in [-0.2, -0.15) is 0 Å². The summed E-state index contributed by atoms with van der Waals surface area (Å²) in [6, 6.07) is -0.771. The topological polar surface area (TPSA) is 90.4 Å². The quantitative estimate of drug-likeness (QED) is 0.291. The Kier molecular flexibility index (Phi) is 9.04. The van der Waals surface area contributed by atoms with E-state index in [-0.39, 0.29) is 30.2 Å². The summed E-state index contributed by atoms with van der Waals surface area (Å²) in [5, 5.41) is 9.21. The van der Waals surface area contributed by atoms with Crippen molar-refractivity contribution in [1.82, 2.24) is 14.7 Å². The molecule has 2 bridgehead atoms. The number of rotatable bonds is 14. The number of hydrogen-bond acceptors (Lipinski definition) is 5. The first-order valence-corrected chi connectivity index (χ1v) is 13.5. The van der Waals surface area contributed by atoms with Gasteiger partial charge in [-0.3, -0.25) is 14.4 Å². The van der Waals surface area contributed by atoms with E-state index in [0.29, 0.717) is 45.4 Å². The minimum atomic E-state index is -1.03. The van der Waals surface area contributed by atoms with Crippen LogP contribution in [0.1, 0.15) is 59.3 Å². The first-order valence-electron chi connectivity index (χ1n) is 13.5. The number of hydrogen-bond donors (Lipinski definition) is 1. The second-order valence-electron chi connectivity index (χ2n) is 11.0. The maximum atomic E-state index is 14.2. The van der Waals surface area contributed by atoms with Crippen molar-refractivity contribution in [3.05, 3.63) is 25.3 Å². The second kappa shape index (κ2) is 11.5. The van der Waals surface area contributed by atoms with Crippen LogP contribution in [-0.4, -0.2) is 94.6 Å². The Morgan fingerprint density at radius 2 is 1.86 bits per heavy atom. The molecule has 6 atom stereocenters. The summed E-state index contributed by atoms with van der Waals surface area (Å²) in [5.41, 5.74) is -1.85. The first kappa shape index (κ1) is 28.4. The van der Waals surface area contributed by atoms with E-state index in [1.54, 1.807) is 33.9 Å². The molecule has 3 rings (SSSR count). The molecule has 0 aliphatic carbocycles. The highest BCUT2D eigenvalue weighted by Crippen LogP contribution is 2.65. The smallest absolute Gasteiger partial charge is 0.248 e. The van der Waals surface area contributed by atoms with Crippen molar-refractivity contribution in [2.45, 2.75) is 76.5 Å². The monoisotopic (exact) mass is 503 g/mol. The van der Waals surface area contributed by atoms with E-state index in [1.807, 2.05) is 6.92 Å². The van der Waals surface area contributed by atoms with E-state index in [1.165, 1.54) is 0 Å². The van der Waals surface area contributed by atoms with Gasteiger partial charge in [-0.05, 0) is 44.9 Å². The third-order valence-corrected chi connectivity index (χ3v) is 8.59. The Balaban J connectivity index is 2.05. The Hall–Kier alpha value is -2.19. The lowest BCUT2D eigenvalue weighted by Crippen LogP contribution is -2.57.